The molecule has 124 valence electrons. The van der Waals surface area contributed by atoms with Gasteiger partial charge >= 0.3 is 0 Å². The van der Waals surface area contributed by atoms with Crippen LogP contribution in [0.15, 0.2) is 0 Å². The second-order valence-electron chi connectivity index (χ2n) is 7.33. The molecule has 1 aromatic rings. The molecule has 0 amide bonds. The Morgan fingerprint density at radius 3 is 2.41 bits per heavy atom. The second kappa shape index (κ2) is 7.04. The molecule has 2 fully saturated rings. The van der Waals surface area contributed by atoms with Gasteiger partial charge in [0.25, 0.3) is 0 Å². The molecular formula is C16H32N6+2. The van der Waals surface area contributed by atoms with Crippen molar-refractivity contribution >= 4 is 0 Å². The van der Waals surface area contributed by atoms with Gasteiger partial charge in [0.05, 0.1) is 12.1 Å². The van der Waals surface area contributed by atoms with Gasteiger partial charge in [0.1, 0.15) is 32.2 Å². The van der Waals surface area contributed by atoms with Gasteiger partial charge in [0, 0.05) is 6.42 Å². The van der Waals surface area contributed by atoms with Crippen LogP contribution in [0.1, 0.15) is 70.8 Å². The maximum absolute atomic E-state index is 4.35. The molecule has 0 unspecified atom stereocenters. The molecule has 6 heteroatoms. The fourth-order valence-electron chi connectivity index (χ4n) is 4.43. The van der Waals surface area contributed by atoms with Crippen LogP contribution in [-0.2, 0) is 0 Å². The average molecular weight is 308 g/mol. The van der Waals surface area contributed by atoms with E-state index in [2.05, 4.69) is 36.3 Å². The van der Waals surface area contributed by atoms with Crippen LogP contribution < -0.4 is 9.80 Å². The number of tetrazole rings is 1. The largest absolute Gasteiger partial charge is 0.323 e. The molecule has 0 bridgehead atoms. The molecule has 1 aliphatic carbocycles. The zero-order chi connectivity index (χ0) is 15.5. The first kappa shape index (κ1) is 15.9. The fraction of sp³-hybridized carbons (Fsp3) is 0.938. The number of rotatable bonds is 5. The van der Waals surface area contributed by atoms with Crippen molar-refractivity contribution in [1.29, 1.82) is 0 Å². The van der Waals surface area contributed by atoms with Gasteiger partial charge in [-0.15, -0.1) is 5.10 Å². The highest BCUT2D eigenvalue weighted by atomic mass is 15.6. The summed E-state index contributed by atoms with van der Waals surface area (Å²) < 4.78 is 2.01. The van der Waals surface area contributed by atoms with Crippen LogP contribution in [0.2, 0.25) is 0 Å². The van der Waals surface area contributed by atoms with Gasteiger partial charge in [-0.2, -0.15) is 0 Å². The average Bonchev–Trinajstić information content (AvgIpc) is 3.20. The number of hydrogen-bond acceptors (Lipinski definition) is 3. The van der Waals surface area contributed by atoms with Gasteiger partial charge < -0.3 is 9.80 Å². The molecule has 2 heterocycles. The van der Waals surface area contributed by atoms with Crippen molar-refractivity contribution in [3.63, 3.8) is 0 Å². The first-order valence-corrected chi connectivity index (χ1v) is 9.17. The summed E-state index contributed by atoms with van der Waals surface area (Å²) in [5, 5.41) is 12.5. The van der Waals surface area contributed by atoms with Gasteiger partial charge in [-0.05, 0) is 50.0 Å². The quantitative estimate of drug-likeness (QED) is 0.766. The van der Waals surface area contributed by atoms with Crippen LogP contribution in [-0.4, -0.2) is 52.4 Å². The Morgan fingerprint density at radius 2 is 1.82 bits per heavy atom. The molecule has 22 heavy (non-hydrogen) atoms. The lowest BCUT2D eigenvalue weighted by molar-refractivity contribution is -1.04. The third-order valence-corrected chi connectivity index (χ3v) is 5.69. The summed E-state index contributed by atoms with van der Waals surface area (Å²) >= 11 is 0. The zero-order valence-corrected chi connectivity index (χ0v) is 14.4. The molecule has 3 rings (SSSR count). The first-order valence-electron chi connectivity index (χ1n) is 9.17. The Hall–Kier alpha value is -1.01. The lowest BCUT2D eigenvalue weighted by Gasteiger charge is -2.36. The minimum absolute atomic E-state index is 0.337. The number of aromatic nitrogens is 4. The Bertz CT molecular complexity index is 457. The molecule has 6 nitrogen and oxygen atoms in total. The summed E-state index contributed by atoms with van der Waals surface area (Å²) in [6.07, 6.45) is 6.92. The molecule has 1 saturated carbocycles. The molecule has 1 atom stereocenters. The molecule has 0 spiro atoms. The van der Waals surface area contributed by atoms with Crippen LogP contribution in [0, 0.1) is 0 Å². The van der Waals surface area contributed by atoms with E-state index in [9.17, 15) is 0 Å². The van der Waals surface area contributed by atoms with Crippen molar-refractivity contribution in [2.24, 2.45) is 0 Å². The van der Waals surface area contributed by atoms with Crippen LogP contribution in [0.4, 0.5) is 0 Å². The molecular weight excluding hydrogens is 276 g/mol. The van der Waals surface area contributed by atoms with Crippen LogP contribution >= 0.6 is 0 Å². The monoisotopic (exact) mass is 308 g/mol. The molecule has 1 saturated heterocycles. The predicted octanol–water partition coefficient (Wildman–Crippen LogP) is -0.569. The van der Waals surface area contributed by atoms with E-state index in [1.165, 1.54) is 51.9 Å². The summed E-state index contributed by atoms with van der Waals surface area (Å²) in [6, 6.07) is 1.73. The van der Waals surface area contributed by atoms with Gasteiger partial charge in [0.15, 0.2) is 0 Å². The summed E-state index contributed by atoms with van der Waals surface area (Å²) in [4.78, 5) is 3.54. The molecule has 0 radical (unpaired) electrons. The third-order valence-electron chi connectivity index (χ3n) is 5.69. The van der Waals surface area contributed by atoms with Crippen molar-refractivity contribution in [3.05, 3.63) is 5.82 Å². The molecule has 2 aliphatic rings. The van der Waals surface area contributed by atoms with E-state index < -0.39 is 0 Å². The number of piperazine rings is 1. The fourth-order valence-corrected chi connectivity index (χ4v) is 4.43. The van der Waals surface area contributed by atoms with E-state index in [0.29, 0.717) is 12.1 Å². The first-order chi connectivity index (χ1) is 10.7. The standard InChI is InChI=1S/C16H30N6/c1-4-15(16-17-18-19-22(16)13(2)3)21-11-9-20(10-12-21)14-7-5-6-8-14/h13-15H,4-12H2,1-3H3/p+2/t15-/m1/s1. The highest BCUT2D eigenvalue weighted by Gasteiger charge is 2.36. The highest BCUT2D eigenvalue weighted by molar-refractivity contribution is 4.88. The van der Waals surface area contributed by atoms with Crippen LogP contribution in [0.3, 0.4) is 0 Å². The van der Waals surface area contributed by atoms with Crippen molar-refractivity contribution < 1.29 is 9.80 Å². The molecule has 2 N–H and O–H groups in total. The van der Waals surface area contributed by atoms with Gasteiger partial charge in [-0.3, -0.25) is 0 Å². The highest BCUT2D eigenvalue weighted by Crippen LogP contribution is 2.16. The van der Waals surface area contributed by atoms with E-state index in [1.807, 2.05) is 9.58 Å². The summed E-state index contributed by atoms with van der Waals surface area (Å²) in [5.41, 5.74) is 0. The Labute approximate surface area is 133 Å². The Kier molecular flexibility index (Phi) is 5.08. The minimum atomic E-state index is 0.337. The van der Waals surface area contributed by atoms with Gasteiger partial charge in [-0.25, -0.2) is 4.68 Å². The number of nitrogens with zero attached hydrogens (tertiary/aromatic N) is 4. The van der Waals surface area contributed by atoms with Gasteiger partial charge in [-0.1, -0.05) is 6.92 Å². The Morgan fingerprint density at radius 1 is 1.14 bits per heavy atom. The maximum Gasteiger partial charge on any atom is 0.209 e. The second-order valence-corrected chi connectivity index (χ2v) is 7.33. The third kappa shape index (κ3) is 3.18. The van der Waals surface area contributed by atoms with E-state index >= 15 is 0 Å². The maximum atomic E-state index is 4.35. The van der Waals surface area contributed by atoms with E-state index in [0.717, 1.165) is 18.3 Å². The number of hydrogen-bond donors (Lipinski definition) is 2. The van der Waals surface area contributed by atoms with E-state index in [4.69, 9.17) is 0 Å². The molecule has 0 aromatic carbocycles. The number of quaternary nitrogens is 2. The van der Waals surface area contributed by atoms with Crippen molar-refractivity contribution in [2.45, 2.75) is 71.0 Å². The minimum Gasteiger partial charge on any atom is -0.323 e. The predicted molar refractivity (Wildman–Crippen MR) is 84.9 cm³/mol. The lowest BCUT2D eigenvalue weighted by atomic mass is 10.1. The normalized spacial score (nSPS) is 28.4. The molecule has 1 aliphatic heterocycles. The lowest BCUT2D eigenvalue weighted by Crippen LogP contribution is -3.29. The van der Waals surface area contributed by atoms with E-state index in [1.54, 1.807) is 4.90 Å². The van der Waals surface area contributed by atoms with E-state index in [-0.39, 0.29) is 0 Å². The van der Waals surface area contributed by atoms with Crippen molar-refractivity contribution in [2.75, 3.05) is 26.2 Å². The molecule has 1 aromatic heterocycles. The van der Waals surface area contributed by atoms with Crippen molar-refractivity contribution in [1.82, 2.24) is 20.2 Å². The number of nitrogens with one attached hydrogen (secondary N) is 2. The van der Waals surface area contributed by atoms with Crippen LogP contribution in [0.5, 0.6) is 0 Å². The smallest absolute Gasteiger partial charge is 0.209 e. The topological polar surface area (TPSA) is 52.5 Å². The zero-order valence-electron chi connectivity index (χ0n) is 14.4. The Balaban J connectivity index is 1.64. The SMILES string of the molecule is CC[C@H](c1nnnn1C(C)C)[NH+]1CC[NH+](C2CCCC2)CC1. The van der Waals surface area contributed by atoms with Crippen LogP contribution in [0.25, 0.3) is 0 Å². The summed E-state index contributed by atoms with van der Waals surface area (Å²) in [6.45, 7) is 11.7. The summed E-state index contributed by atoms with van der Waals surface area (Å²) in [5.74, 6) is 1.08. The summed E-state index contributed by atoms with van der Waals surface area (Å²) in [7, 11) is 0. The van der Waals surface area contributed by atoms with Crippen molar-refractivity contribution in [3.8, 4) is 0 Å². The van der Waals surface area contributed by atoms with Gasteiger partial charge in [0.2, 0.25) is 5.82 Å².